The summed E-state index contributed by atoms with van der Waals surface area (Å²) in [6.45, 7) is 2.94. The topological polar surface area (TPSA) is 26.3 Å². The molecule has 0 bridgehead atoms. The summed E-state index contributed by atoms with van der Waals surface area (Å²) in [4.78, 5) is 11.3. The van der Waals surface area contributed by atoms with Gasteiger partial charge in [-0.1, -0.05) is 22.0 Å². The molecule has 0 fully saturated rings. The first-order valence-corrected chi connectivity index (χ1v) is 5.90. The summed E-state index contributed by atoms with van der Waals surface area (Å²) in [5.74, 6) is -0.177. The van der Waals surface area contributed by atoms with Crippen LogP contribution in [-0.2, 0) is 9.53 Å². The first kappa shape index (κ1) is 11.7. The number of alkyl halides is 1. The molecule has 0 saturated carbocycles. The molecule has 14 heavy (non-hydrogen) atoms. The Bertz CT molecular complexity index is 253. The second kappa shape index (κ2) is 4.94. The van der Waals surface area contributed by atoms with Gasteiger partial charge in [-0.3, -0.25) is 0 Å². The molecule has 1 aliphatic rings. The van der Waals surface area contributed by atoms with E-state index in [1.807, 2.05) is 6.08 Å². The quantitative estimate of drug-likeness (QED) is 0.436. The molecule has 0 amide bonds. The second-order valence-electron chi connectivity index (χ2n) is 3.92. The highest BCUT2D eigenvalue weighted by atomic mass is 79.9. The van der Waals surface area contributed by atoms with Gasteiger partial charge in [0, 0.05) is 6.42 Å². The van der Waals surface area contributed by atoms with Crippen molar-refractivity contribution in [3.05, 3.63) is 11.6 Å². The van der Waals surface area contributed by atoms with Crippen LogP contribution >= 0.6 is 15.9 Å². The Kier molecular flexibility index (Phi) is 4.13. The molecule has 0 aromatic rings. The minimum absolute atomic E-state index is 0.177. The van der Waals surface area contributed by atoms with E-state index in [0.29, 0.717) is 0 Å². The second-order valence-corrected chi connectivity index (χ2v) is 4.72. The third-order valence-corrected chi connectivity index (χ3v) is 3.04. The Morgan fingerprint density at radius 3 is 3.00 bits per heavy atom. The van der Waals surface area contributed by atoms with Crippen molar-refractivity contribution < 1.29 is 14.0 Å². The standard InChI is InChI=1S/C10H17BrNO2/c1-12(7-5-11)6-3-4-9(8-12)10(13)14-2/h4H,3,5-8H2,1-2H3/q+1. The van der Waals surface area contributed by atoms with Crippen LogP contribution < -0.4 is 0 Å². The lowest BCUT2D eigenvalue weighted by molar-refractivity contribution is -0.903. The Balaban J connectivity index is 2.66. The molecule has 1 heterocycles. The predicted octanol–water partition coefficient (Wildman–Crippen LogP) is 1.33. The zero-order valence-electron chi connectivity index (χ0n) is 8.75. The van der Waals surface area contributed by atoms with Crippen LogP contribution in [0.1, 0.15) is 6.42 Å². The van der Waals surface area contributed by atoms with E-state index in [0.717, 1.165) is 41.4 Å². The highest BCUT2D eigenvalue weighted by Crippen LogP contribution is 2.17. The molecule has 0 N–H and O–H groups in total. The van der Waals surface area contributed by atoms with Crippen molar-refractivity contribution in [2.24, 2.45) is 0 Å². The van der Waals surface area contributed by atoms with E-state index in [1.54, 1.807) is 0 Å². The molecule has 0 radical (unpaired) electrons. The number of carbonyl (C=O) groups is 1. The third-order valence-electron chi connectivity index (χ3n) is 2.68. The van der Waals surface area contributed by atoms with Gasteiger partial charge in [-0.15, -0.1) is 0 Å². The van der Waals surface area contributed by atoms with E-state index in [1.165, 1.54) is 7.11 Å². The average Bonchev–Trinajstić information content (AvgIpc) is 2.16. The van der Waals surface area contributed by atoms with Crippen LogP contribution in [0, 0.1) is 0 Å². The molecular formula is C10H17BrNO2+. The van der Waals surface area contributed by atoms with Crippen LogP contribution in [0.5, 0.6) is 0 Å². The molecule has 1 aliphatic heterocycles. The van der Waals surface area contributed by atoms with Crippen LogP contribution in [0.15, 0.2) is 11.6 Å². The van der Waals surface area contributed by atoms with E-state index >= 15 is 0 Å². The number of halogens is 1. The summed E-state index contributed by atoms with van der Waals surface area (Å²) >= 11 is 3.44. The average molecular weight is 263 g/mol. The highest BCUT2D eigenvalue weighted by Gasteiger charge is 2.28. The molecular weight excluding hydrogens is 246 g/mol. The van der Waals surface area contributed by atoms with Gasteiger partial charge in [-0.25, -0.2) is 4.79 Å². The zero-order valence-corrected chi connectivity index (χ0v) is 10.3. The molecule has 3 nitrogen and oxygen atoms in total. The van der Waals surface area contributed by atoms with Gasteiger partial charge in [-0.05, 0) is 0 Å². The molecule has 1 unspecified atom stereocenters. The monoisotopic (exact) mass is 262 g/mol. The Labute approximate surface area is 93.4 Å². The number of hydrogen-bond donors (Lipinski definition) is 0. The van der Waals surface area contributed by atoms with Crippen LogP contribution in [0.3, 0.4) is 0 Å². The molecule has 0 aromatic heterocycles. The molecule has 80 valence electrons. The highest BCUT2D eigenvalue weighted by molar-refractivity contribution is 9.09. The maximum atomic E-state index is 11.3. The van der Waals surface area contributed by atoms with Crippen molar-refractivity contribution in [1.82, 2.24) is 0 Å². The van der Waals surface area contributed by atoms with Crippen LogP contribution in [0.2, 0.25) is 0 Å². The van der Waals surface area contributed by atoms with Gasteiger partial charge < -0.3 is 9.22 Å². The number of ether oxygens (including phenoxy) is 1. The van der Waals surface area contributed by atoms with E-state index in [2.05, 4.69) is 23.0 Å². The molecule has 0 spiro atoms. The number of hydrogen-bond acceptors (Lipinski definition) is 2. The fraction of sp³-hybridized carbons (Fsp3) is 0.700. The van der Waals surface area contributed by atoms with Gasteiger partial charge in [0.25, 0.3) is 0 Å². The summed E-state index contributed by atoms with van der Waals surface area (Å²) in [7, 11) is 3.61. The number of esters is 1. The SMILES string of the molecule is COC(=O)C1=CCC[N+](C)(CCBr)C1. The first-order valence-electron chi connectivity index (χ1n) is 4.78. The Morgan fingerprint density at radius 2 is 2.43 bits per heavy atom. The summed E-state index contributed by atoms with van der Waals surface area (Å²) in [5.41, 5.74) is 0.821. The van der Waals surface area contributed by atoms with Gasteiger partial charge in [0.15, 0.2) is 0 Å². The number of methoxy groups -OCH3 is 1. The van der Waals surface area contributed by atoms with E-state index in [4.69, 9.17) is 4.74 Å². The summed E-state index contributed by atoms with van der Waals surface area (Å²) in [6.07, 6.45) is 2.97. The zero-order chi connectivity index (χ0) is 10.6. The molecule has 0 aromatic carbocycles. The lowest BCUT2D eigenvalue weighted by atomic mass is 10.1. The molecule has 1 atom stereocenters. The lowest BCUT2D eigenvalue weighted by Crippen LogP contribution is -2.50. The largest absolute Gasteiger partial charge is 0.465 e. The normalized spacial score (nSPS) is 26.9. The number of nitrogens with zero attached hydrogens (tertiary/aromatic N) is 1. The Hall–Kier alpha value is -0.350. The van der Waals surface area contributed by atoms with Gasteiger partial charge >= 0.3 is 5.97 Å². The van der Waals surface area contributed by atoms with Crippen molar-refractivity contribution in [3.63, 3.8) is 0 Å². The molecule has 1 rings (SSSR count). The van der Waals surface area contributed by atoms with Crippen LogP contribution in [-0.4, -0.2) is 49.6 Å². The molecule has 0 aliphatic carbocycles. The fourth-order valence-electron chi connectivity index (χ4n) is 1.78. The van der Waals surface area contributed by atoms with Crippen molar-refractivity contribution >= 4 is 21.9 Å². The van der Waals surface area contributed by atoms with Gasteiger partial charge in [0.1, 0.15) is 6.54 Å². The molecule has 4 heteroatoms. The van der Waals surface area contributed by atoms with E-state index in [9.17, 15) is 4.79 Å². The predicted molar refractivity (Wildman–Crippen MR) is 59.3 cm³/mol. The fourth-order valence-corrected chi connectivity index (χ4v) is 2.64. The minimum Gasteiger partial charge on any atom is -0.465 e. The van der Waals surface area contributed by atoms with Crippen LogP contribution in [0.4, 0.5) is 0 Å². The van der Waals surface area contributed by atoms with Gasteiger partial charge in [-0.2, -0.15) is 0 Å². The van der Waals surface area contributed by atoms with Gasteiger partial charge in [0.2, 0.25) is 0 Å². The summed E-state index contributed by atoms with van der Waals surface area (Å²) in [6, 6.07) is 0. The third kappa shape index (κ3) is 2.82. The lowest BCUT2D eigenvalue weighted by Gasteiger charge is -2.36. The number of carbonyl (C=O) groups excluding carboxylic acids is 1. The summed E-state index contributed by atoms with van der Waals surface area (Å²) < 4.78 is 5.66. The number of quaternary nitrogens is 1. The summed E-state index contributed by atoms with van der Waals surface area (Å²) in [5, 5.41) is 0.970. The van der Waals surface area contributed by atoms with Crippen molar-refractivity contribution in [1.29, 1.82) is 0 Å². The van der Waals surface area contributed by atoms with Crippen molar-refractivity contribution in [2.75, 3.05) is 39.1 Å². The van der Waals surface area contributed by atoms with E-state index < -0.39 is 0 Å². The van der Waals surface area contributed by atoms with Crippen LogP contribution in [0.25, 0.3) is 0 Å². The first-order chi connectivity index (χ1) is 6.61. The maximum Gasteiger partial charge on any atom is 0.339 e. The molecule has 0 saturated heterocycles. The smallest absolute Gasteiger partial charge is 0.339 e. The number of rotatable bonds is 3. The number of likely N-dealkylation sites (N-methyl/N-ethyl adjacent to an activating group) is 1. The maximum absolute atomic E-state index is 11.3. The van der Waals surface area contributed by atoms with Gasteiger partial charge in [0.05, 0.1) is 38.2 Å². The van der Waals surface area contributed by atoms with E-state index in [-0.39, 0.29) is 5.97 Å². The van der Waals surface area contributed by atoms with Crippen molar-refractivity contribution in [2.45, 2.75) is 6.42 Å². The van der Waals surface area contributed by atoms with Crippen molar-refractivity contribution in [3.8, 4) is 0 Å². The Morgan fingerprint density at radius 1 is 1.71 bits per heavy atom. The minimum atomic E-state index is -0.177.